The molecule has 0 spiro atoms. The molecule has 0 aliphatic carbocycles. The van der Waals surface area contributed by atoms with Crippen molar-refractivity contribution in [3.63, 3.8) is 0 Å². The summed E-state index contributed by atoms with van der Waals surface area (Å²) in [6.07, 6.45) is 2.25. The van der Waals surface area contributed by atoms with Gasteiger partial charge >= 0.3 is 11.7 Å². The molecule has 1 amide bonds. The minimum Gasteiger partial charge on any atom is -0.461 e. The molecule has 0 radical (unpaired) electrons. The third-order valence-corrected chi connectivity index (χ3v) is 4.57. The van der Waals surface area contributed by atoms with Crippen molar-refractivity contribution in [3.05, 3.63) is 58.5 Å². The quantitative estimate of drug-likeness (QED) is 0.230. The van der Waals surface area contributed by atoms with Gasteiger partial charge < -0.3 is 14.6 Å². The predicted molar refractivity (Wildman–Crippen MR) is 115 cm³/mol. The highest BCUT2D eigenvalue weighted by Gasteiger charge is 2.19. The summed E-state index contributed by atoms with van der Waals surface area (Å²) < 4.78 is 12.9. The van der Waals surface area contributed by atoms with E-state index in [1.54, 1.807) is 38.2 Å². The Balaban J connectivity index is 1.42. The van der Waals surface area contributed by atoms with Crippen molar-refractivity contribution in [2.45, 2.75) is 13.5 Å². The number of rotatable bonds is 8. The lowest BCUT2D eigenvalue weighted by Gasteiger charge is -2.05. The van der Waals surface area contributed by atoms with E-state index in [4.69, 9.17) is 9.26 Å². The first-order chi connectivity index (χ1) is 16.3. The van der Waals surface area contributed by atoms with E-state index in [9.17, 15) is 19.7 Å². The molecule has 14 heteroatoms. The molecule has 3 heterocycles. The molecule has 4 rings (SSSR count). The fraction of sp³-hybridized carbons (Fsp3) is 0.200. The Hall–Kier alpha value is -4.88. The number of carbonyl (C=O) groups excluding carboxylic acids is 2. The first-order valence-electron chi connectivity index (χ1n) is 9.96. The Kier molecular flexibility index (Phi) is 6.11. The summed E-state index contributed by atoms with van der Waals surface area (Å²) in [6.45, 7) is 1.76. The van der Waals surface area contributed by atoms with Gasteiger partial charge in [0.05, 0.1) is 11.5 Å². The van der Waals surface area contributed by atoms with Crippen molar-refractivity contribution in [1.29, 1.82) is 0 Å². The molecular weight excluding hydrogens is 448 g/mol. The van der Waals surface area contributed by atoms with E-state index in [1.165, 1.54) is 21.6 Å². The van der Waals surface area contributed by atoms with Crippen LogP contribution in [0, 0.1) is 10.1 Å². The summed E-state index contributed by atoms with van der Waals surface area (Å²) in [6, 6.07) is 8.18. The molecule has 0 bridgehead atoms. The summed E-state index contributed by atoms with van der Waals surface area (Å²) in [7, 11) is 1.64. The Morgan fingerprint density at radius 2 is 2.03 bits per heavy atom. The number of carbonyl (C=O) groups is 2. The molecule has 3 aromatic heterocycles. The van der Waals surface area contributed by atoms with Gasteiger partial charge in [-0.25, -0.2) is 4.79 Å². The third kappa shape index (κ3) is 4.79. The molecule has 174 valence electrons. The maximum absolute atomic E-state index is 12.2. The second-order valence-electron chi connectivity index (χ2n) is 6.96. The fourth-order valence-electron chi connectivity index (χ4n) is 3.00. The predicted octanol–water partition coefficient (Wildman–Crippen LogP) is 2.06. The maximum Gasteiger partial charge on any atom is 0.358 e. The number of benzene rings is 1. The van der Waals surface area contributed by atoms with E-state index in [1.807, 2.05) is 0 Å². The van der Waals surface area contributed by atoms with E-state index >= 15 is 0 Å². The summed E-state index contributed by atoms with van der Waals surface area (Å²) >= 11 is 0. The first-order valence-corrected chi connectivity index (χ1v) is 9.96. The number of esters is 1. The van der Waals surface area contributed by atoms with E-state index in [0.717, 1.165) is 6.20 Å². The smallest absolute Gasteiger partial charge is 0.358 e. The largest absolute Gasteiger partial charge is 0.461 e. The van der Waals surface area contributed by atoms with Crippen molar-refractivity contribution in [1.82, 2.24) is 29.7 Å². The van der Waals surface area contributed by atoms with E-state index in [0.29, 0.717) is 22.8 Å². The molecular formula is C20H18N8O6. The SMILES string of the molecule is CCOC(=O)c1cc(-c2nc(-c3ccc(NC(=O)Cn4cc([N+](=O)[O-])cn4)cc3)no2)n(C)n1. The number of aromatic nitrogens is 6. The van der Waals surface area contributed by atoms with Crippen molar-refractivity contribution < 1.29 is 23.8 Å². The number of anilines is 1. The number of ether oxygens (including phenoxy) is 1. The Bertz CT molecular complexity index is 1350. The maximum atomic E-state index is 12.2. The third-order valence-electron chi connectivity index (χ3n) is 4.57. The fourth-order valence-corrected chi connectivity index (χ4v) is 3.00. The van der Waals surface area contributed by atoms with Crippen LogP contribution in [0.5, 0.6) is 0 Å². The van der Waals surface area contributed by atoms with Crippen LogP contribution in [0.2, 0.25) is 0 Å². The van der Waals surface area contributed by atoms with Crippen molar-refractivity contribution in [3.8, 4) is 23.0 Å². The average molecular weight is 466 g/mol. The van der Waals surface area contributed by atoms with Gasteiger partial charge in [-0.1, -0.05) is 5.16 Å². The Morgan fingerprint density at radius 1 is 1.26 bits per heavy atom. The number of hydrogen-bond donors (Lipinski definition) is 1. The lowest BCUT2D eigenvalue weighted by molar-refractivity contribution is -0.385. The first kappa shape index (κ1) is 22.3. The normalized spacial score (nSPS) is 10.8. The second-order valence-corrected chi connectivity index (χ2v) is 6.96. The van der Waals surface area contributed by atoms with Crippen LogP contribution in [0.1, 0.15) is 17.4 Å². The lowest BCUT2D eigenvalue weighted by Crippen LogP contribution is -2.18. The molecule has 0 fully saturated rings. The van der Waals surface area contributed by atoms with Gasteiger partial charge in [-0.3, -0.25) is 24.3 Å². The van der Waals surface area contributed by atoms with Crippen LogP contribution < -0.4 is 5.32 Å². The number of aryl methyl sites for hydroxylation is 1. The van der Waals surface area contributed by atoms with E-state index < -0.39 is 16.8 Å². The van der Waals surface area contributed by atoms with Gasteiger partial charge in [0, 0.05) is 24.4 Å². The van der Waals surface area contributed by atoms with Gasteiger partial charge in [0.25, 0.3) is 5.89 Å². The van der Waals surface area contributed by atoms with Crippen LogP contribution in [0.3, 0.4) is 0 Å². The number of nitrogens with zero attached hydrogens (tertiary/aromatic N) is 7. The van der Waals surface area contributed by atoms with Crippen LogP contribution in [-0.4, -0.2) is 53.1 Å². The lowest BCUT2D eigenvalue weighted by atomic mass is 10.2. The monoisotopic (exact) mass is 466 g/mol. The van der Waals surface area contributed by atoms with Crippen molar-refractivity contribution in [2.75, 3.05) is 11.9 Å². The zero-order chi connectivity index (χ0) is 24.2. The van der Waals surface area contributed by atoms with Crippen LogP contribution >= 0.6 is 0 Å². The van der Waals surface area contributed by atoms with Gasteiger partial charge in [-0.05, 0) is 31.2 Å². The average Bonchev–Trinajstić information content (AvgIpc) is 3.54. The molecule has 0 atom stereocenters. The molecule has 34 heavy (non-hydrogen) atoms. The van der Waals surface area contributed by atoms with Crippen LogP contribution in [-0.2, 0) is 23.1 Å². The minimum atomic E-state index is -0.586. The highest BCUT2D eigenvalue weighted by Crippen LogP contribution is 2.24. The molecule has 0 saturated heterocycles. The van der Waals surface area contributed by atoms with Crippen molar-refractivity contribution in [2.24, 2.45) is 7.05 Å². The Morgan fingerprint density at radius 3 is 2.71 bits per heavy atom. The highest BCUT2D eigenvalue weighted by atomic mass is 16.6. The molecule has 1 N–H and O–H groups in total. The zero-order valence-electron chi connectivity index (χ0n) is 18.0. The standard InChI is InChI=1S/C20H18N8O6/c1-3-33-20(30)15-8-16(26(2)24-15)19-23-18(25-34-19)12-4-6-13(7-5-12)22-17(29)11-27-10-14(9-21-27)28(31)32/h4-10H,3,11H2,1-2H3,(H,22,29). The molecule has 14 nitrogen and oxygen atoms in total. The number of amides is 1. The van der Waals surface area contributed by atoms with Crippen LogP contribution in [0.4, 0.5) is 11.4 Å². The topological polar surface area (TPSA) is 173 Å². The summed E-state index contributed by atoms with van der Waals surface area (Å²) in [4.78, 5) is 38.5. The Labute approximate surface area is 191 Å². The van der Waals surface area contributed by atoms with Gasteiger partial charge in [0.15, 0.2) is 5.69 Å². The molecule has 4 aromatic rings. The summed E-state index contributed by atoms with van der Waals surface area (Å²) in [5, 5.41) is 25.2. The van der Waals surface area contributed by atoms with Gasteiger partial charge in [0.1, 0.15) is 24.6 Å². The molecule has 0 aliphatic rings. The van der Waals surface area contributed by atoms with Gasteiger partial charge in [-0.15, -0.1) is 0 Å². The number of nitrogens with one attached hydrogen (secondary N) is 1. The molecule has 0 saturated carbocycles. The number of nitro groups is 1. The second kappa shape index (κ2) is 9.32. The van der Waals surface area contributed by atoms with Crippen molar-refractivity contribution >= 4 is 23.3 Å². The van der Waals surface area contributed by atoms with E-state index in [-0.39, 0.29) is 30.4 Å². The van der Waals surface area contributed by atoms with Gasteiger partial charge in [0.2, 0.25) is 11.7 Å². The summed E-state index contributed by atoms with van der Waals surface area (Å²) in [5.74, 6) is -0.476. The molecule has 0 unspecified atom stereocenters. The van der Waals surface area contributed by atoms with Gasteiger partial charge in [-0.2, -0.15) is 15.2 Å². The minimum absolute atomic E-state index is 0.129. The number of hydrogen-bond acceptors (Lipinski definition) is 10. The van der Waals surface area contributed by atoms with Crippen LogP contribution in [0.25, 0.3) is 23.0 Å². The highest BCUT2D eigenvalue weighted by molar-refractivity contribution is 5.90. The molecule has 0 aliphatic heterocycles. The van der Waals surface area contributed by atoms with Crippen LogP contribution in [0.15, 0.2) is 47.2 Å². The van der Waals surface area contributed by atoms with E-state index in [2.05, 4.69) is 25.7 Å². The summed E-state index contributed by atoms with van der Waals surface area (Å²) in [5.41, 5.74) is 1.52. The molecule has 1 aromatic carbocycles. The zero-order valence-corrected chi connectivity index (χ0v) is 18.0.